The Hall–Kier alpha value is -2.92. The van der Waals surface area contributed by atoms with Gasteiger partial charge in [0.25, 0.3) is 0 Å². The van der Waals surface area contributed by atoms with Crippen molar-refractivity contribution in [2.45, 2.75) is 138 Å². The molecule has 0 spiro atoms. The fourth-order valence-corrected chi connectivity index (χ4v) is 9.21. The number of aromatic nitrogens is 2. The van der Waals surface area contributed by atoms with Crippen molar-refractivity contribution in [2.24, 2.45) is 11.8 Å². The second-order valence-corrected chi connectivity index (χ2v) is 18.0. The normalized spacial score (nSPS) is 15.5. The van der Waals surface area contributed by atoms with E-state index < -0.39 is 0 Å². The number of fused-ring (bicyclic) bond motifs is 6. The van der Waals surface area contributed by atoms with E-state index in [2.05, 4.69) is 97.9 Å². The van der Waals surface area contributed by atoms with E-state index >= 15 is 0 Å². The van der Waals surface area contributed by atoms with Gasteiger partial charge in [-0.15, -0.1) is 40.5 Å². The monoisotopic (exact) mass is 896 g/mol. The molecular weight excluding hydrogens is 837 g/mol. The van der Waals surface area contributed by atoms with Crippen molar-refractivity contribution in [1.29, 1.82) is 0 Å². The van der Waals surface area contributed by atoms with Gasteiger partial charge in [-0.1, -0.05) is 111 Å². The summed E-state index contributed by atoms with van der Waals surface area (Å²) < 4.78 is 2.53. The molecule has 52 heavy (non-hydrogen) atoms. The maximum absolute atomic E-state index is 11.7. The van der Waals surface area contributed by atoms with Crippen LogP contribution in [0.4, 0.5) is 0 Å². The van der Waals surface area contributed by atoms with Gasteiger partial charge in [-0.3, -0.25) is 9.78 Å². The molecule has 0 fully saturated rings. The Balaban J connectivity index is 0.000000323. The maximum atomic E-state index is 11.7. The van der Waals surface area contributed by atoms with Crippen LogP contribution in [0.5, 0.6) is 0 Å². The van der Waals surface area contributed by atoms with Crippen LogP contribution in [0.25, 0.3) is 42.3 Å². The van der Waals surface area contributed by atoms with Gasteiger partial charge < -0.3 is 5.11 Å². The summed E-state index contributed by atoms with van der Waals surface area (Å²) in [5.41, 5.74) is 9.13. The van der Waals surface area contributed by atoms with Gasteiger partial charge in [-0.25, -0.2) is 4.98 Å². The molecule has 1 aliphatic carbocycles. The molecule has 5 aromatic rings. The van der Waals surface area contributed by atoms with Crippen molar-refractivity contribution < 1.29 is 30.0 Å². The van der Waals surface area contributed by atoms with E-state index in [0.29, 0.717) is 0 Å². The van der Waals surface area contributed by atoms with Gasteiger partial charge in [0.2, 0.25) is 0 Å². The van der Waals surface area contributed by atoms with Gasteiger partial charge in [0.05, 0.1) is 11.3 Å². The number of carbonyl (C=O) groups excluding carboxylic acids is 1. The Morgan fingerprint density at radius 2 is 1.54 bits per heavy atom. The molecule has 4 nitrogen and oxygen atoms in total. The molecule has 0 bridgehead atoms. The van der Waals surface area contributed by atoms with Crippen LogP contribution in [0.1, 0.15) is 137 Å². The van der Waals surface area contributed by atoms with Gasteiger partial charge in [0.15, 0.2) is 5.78 Å². The summed E-state index contributed by atoms with van der Waals surface area (Å²) in [6, 6.07) is 17.1. The number of aliphatic hydroxyl groups excluding tert-OH is 1. The zero-order valence-corrected chi connectivity index (χ0v) is 36.7. The standard InChI is InChI=1S/C33H35N2S.C13H24O2.Ir/c1-19-15-24-26(33(7,8)14-13-32(24,5)6)25-28-30(36-29(19)25)27(34-18-35-28)21-16-20-11-9-10-12-22(20)23(17-21)31(2,3)4;1-5-10(6-2)12(14)9-13(15)11(7-3)8-4;/h9-12,15,17-18H,13-14H2,1-8H3;9-11,14H,5-8H2,1-4H3;/q-1;;/b;12-9-;. The molecule has 1 N–H and O–H groups in total. The number of thiophene rings is 1. The maximum Gasteiger partial charge on any atom is 0.162 e. The van der Waals surface area contributed by atoms with Crippen LogP contribution in [0, 0.1) is 24.8 Å². The number of hydrogen-bond donors (Lipinski definition) is 1. The van der Waals surface area contributed by atoms with Crippen molar-refractivity contribution in [3.63, 3.8) is 0 Å². The fourth-order valence-electron chi connectivity index (χ4n) is 7.98. The van der Waals surface area contributed by atoms with Crippen molar-refractivity contribution in [1.82, 2.24) is 9.97 Å². The first kappa shape index (κ1) is 41.8. The third-order valence-electron chi connectivity index (χ3n) is 11.4. The Bertz CT molecular complexity index is 2090. The molecule has 2 aromatic heterocycles. The van der Waals surface area contributed by atoms with E-state index in [9.17, 15) is 9.90 Å². The zero-order valence-electron chi connectivity index (χ0n) is 33.5. The largest absolute Gasteiger partial charge is 0.512 e. The van der Waals surface area contributed by atoms with E-state index in [1.54, 1.807) is 6.33 Å². The van der Waals surface area contributed by atoms with Crippen LogP contribution in [0.2, 0.25) is 0 Å². The Morgan fingerprint density at radius 1 is 0.923 bits per heavy atom. The van der Waals surface area contributed by atoms with Gasteiger partial charge in [0.1, 0.15) is 6.33 Å². The van der Waals surface area contributed by atoms with Crippen molar-refractivity contribution >= 4 is 48.2 Å². The van der Waals surface area contributed by atoms with Crippen LogP contribution in [-0.2, 0) is 41.1 Å². The average molecular weight is 896 g/mol. The van der Waals surface area contributed by atoms with E-state index in [4.69, 9.17) is 9.97 Å². The molecule has 281 valence electrons. The van der Waals surface area contributed by atoms with Crippen LogP contribution in [0.15, 0.2) is 54.6 Å². The third kappa shape index (κ3) is 8.10. The molecule has 0 atom stereocenters. The molecule has 1 radical (unpaired) electrons. The Kier molecular flexibility index (Phi) is 13.0. The SMILES string of the molecule is CCC(CC)C(=O)/C=C(\O)C(CC)CC.Cc1cc2c(c3c1sc1c(-c4[c-]c5ccccc5c(C(C)(C)C)c4)ncnc13)C(C)(C)CCC2(C)C.[Ir]. The number of ketones is 1. The van der Waals surface area contributed by atoms with Crippen LogP contribution in [0.3, 0.4) is 0 Å². The van der Waals surface area contributed by atoms with Crippen molar-refractivity contribution in [3.8, 4) is 11.3 Å². The molecule has 0 saturated heterocycles. The summed E-state index contributed by atoms with van der Waals surface area (Å²) in [4.78, 5) is 21.5. The Labute approximate surface area is 330 Å². The number of aliphatic hydroxyl groups is 1. The summed E-state index contributed by atoms with van der Waals surface area (Å²) in [5.74, 6) is 0.547. The molecule has 6 heteroatoms. The smallest absolute Gasteiger partial charge is 0.162 e. The summed E-state index contributed by atoms with van der Waals surface area (Å²) in [5, 5.41) is 13.5. The number of allylic oxidation sites excluding steroid dienone is 2. The minimum Gasteiger partial charge on any atom is -0.512 e. The second-order valence-electron chi connectivity index (χ2n) is 17.0. The molecule has 2 heterocycles. The number of benzene rings is 3. The van der Waals surface area contributed by atoms with Gasteiger partial charge in [-0.05, 0) is 78.4 Å². The Morgan fingerprint density at radius 3 is 2.15 bits per heavy atom. The van der Waals surface area contributed by atoms with Crippen LogP contribution < -0.4 is 0 Å². The number of rotatable bonds is 8. The molecule has 0 unspecified atom stereocenters. The molecule has 0 saturated carbocycles. The quantitative estimate of drug-likeness (QED) is 0.0957. The predicted octanol–water partition coefficient (Wildman–Crippen LogP) is 13.3. The first-order valence-corrected chi connectivity index (χ1v) is 19.9. The van der Waals surface area contributed by atoms with E-state index in [1.807, 2.05) is 39.0 Å². The van der Waals surface area contributed by atoms with Crippen LogP contribution >= 0.6 is 11.3 Å². The van der Waals surface area contributed by atoms with Gasteiger partial charge in [0, 0.05) is 58.5 Å². The third-order valence-corrected chi connectivity index (χ3v) is 12.7. The molecular formula is C46H59IrN2O2S-. The van der Waals surface area contributed by atoms with E-state index in [-0.39, 0.29) is 59.7 Å². The first-order chi connectivity index (χ1) is 24.0. The molecule has 0 aliphatic heterocycles. The number of hydrogen-bond acceptors (Lipinski definition) is 5. The zero-order chi connectivity index (χ0) is 37.5. The first-order valence-electron chi connectivity index (χ1n) is 19.1. The van der Waals surface area contributed by atoms with Gasteiger partial charge in [-0.2, -0.15) is 0 Å². The minimum absolute atomic E-state index is 0. The molecule has 0 amide bonds. The van der Waals surface area contributed by atoms with Crippen molar-refractivity contribution in [3.05, 3.63) is 82.9 Å². The molecule has 3 aromatic carbocycles. The minimum atomic E-state index is 0. The van der Waals surface area contributed by atoms with Gasteiger partial charge >= 0.3 is 0 Å². The molecule has 1 aliphatic rings. The second kappa shape index (κ2) is 16.2. The van der Waals surface area contributed by atoms with E-state index in [1.165, 1.54) is 61.3 Å². The fraction of sp³-hybridized carbons (Fsp3) is 0.500. The van der Waals surface area contributed by atoms with E-state index in [0.717, 1.165) is 47.8 Å². The van der Waals surface area contributed by atoms with Crippen molar-refractivity contribution in [2.75, 3.05) is 0 Å². The number of nitrogens with zero attached hydrogens (tertiary/aromatic N) is 2. The number of carbonyl (C=O) groups is 1. The summed E-state index contributed by atoms with van der Waals surface area (Å²) in [6.45, 7) is 26.8. The van der Waals surface area contributed by atoms with Crippen LogP contribution in [-0.4, -0.2) is 20.9 Å². The summed E-state index contributed by atoms with van der Waals surface area (Å²) in [6.07, 6.45) is 9.07. The average Bonchev–Trinajstić information content (AvgIpc) is 3.48. The topological polar surface area (TPSA) is 63.1 Å². The number of aryl methyl sites for hydroxylation is 1. The predicted molar refractivity (Wildman–Crippen MR) is 219 cm³/mol. The molecule has 6 rings (SSSR count). The summed E-state index contributed by atoms with van der Waals surface area (Å²) in [7, 11) is 0. The summed E-state index contributed by atoms with van der Waals surface area (Å²) >= 11 is 1.86.